The molecule has 0 aromatic rings. The summed E-state index contributed by atoms with van der Waals surface area (Å²) in [6, 6.07) is -0.804. The molecule has 1 heterocycles. The number of hydrogen-bond donors (Lipinski definition) is 4. The molecule has 1 saturated heterocycles. The van der Waals surface area contributed by atoms with Crippen molar-refractivity contribution in [3.63, 3.8) is 0 Å². The third-order valence-corrected chi connectivity index (χ3v) is 6.17. The average Bonchev–Trinajstić information content (AvgIpc) is 3.16. The highest BCUT2D eigenvalue weighted by atomic mass is 16.3. The quantitative estimate of drug-likeness (QED) is 0.536. The smallest absolute Gasteiger partial charge is 0.248 e. The van der Waals surface area contributed by atoms with E-state index in [1.165, 1.54) is 0 Å². The molecule has 3 rings (SSSR count). The van der Waals surface area contributed by atoms with E-state index in [-0.39, 0.29) is 17.4 Å². The van der Waals surface area contributed by atoms with Gasteiger partial charge >= 0.3 is 0 Å². The Kier molecular flexibility index (Phi) is 3.72. The zero-order chi connectivity index (χ0) is 16.2. The van der Waals surface area contributed by atoms with E-state index >= 15 is 0 Å². The van der Waals surface area contributed by atoms with Crippen LogP contribution in [0.3, 0.4) is 0 Å². The molecule has 3 fully saturated rings. The predicted molar refractivity (Wildman–Crippen MR) is 81.6 cm³/mol. The fourth-order valence-corrected chi connectivity index (χ4v) is 4.27. The summed E-state index contributed by atoms with van der Waals surface area (Å²) in [5, 5.41) is 16.1. The number of nitrogens with one attached hydrogen (secondary N) is 2. The summed E-state index contributed by atoms with van der Waals surface area (Å²) in [5.74, 6) is 1.06. The number of carbonyl (C=O) groups is 2. The maximum atomic E-state index is 12.6. The Morgan fingerprint density at radius 2 is 2.09 bits per heavy atom. The van der Waals surface area contributed by atoms with Crippen molar-refractivity contribution in [2.24, 2.45) is 34.8 Å². The highest BCUT2D eigenvalue weighted by Crippen LogP contribution is 2.62. The van der Waals surface area contributed by atoms with E-state index in [2.05, 4.69) is 31.4 Å². The Hall–Kier alpha value is -1.14. The highest BCUT2D eigenvalue weighted by Gasteiger charge is 2.65. The van der Waals surface area contributed by atoms with Gasteiger partial charge in [0.05, 0.1) is 12.1 Å². The predicted octanol–water partition coefficient (Wildman–Crippen LogP) is -0.392. The highest BCUT2D eigenvalue weighted by molar-refractivity contribution is 5.85. The first kappa shape index (κ1) is 15.7. The molecule has 124 valence electrons. The maximum Gasteiger partial charge on any atom is 0.248 e. The van der Waals surface area contributed by atoms with Crippen LogP contribution in [0.4, 0.5) is 0 Å². The normalized spacial score (nSPS) is 40.5. The van der Waals surface area contributed by atoms with Crippen molar-refractivity contribution in [3.05, 3.63) is 0 Å². The summed E-state index contributed by atoms with van der Waals surface area (Å²) < 4.78 is 0. The summed E-state index contributed by atoms with van der Waals surface area (Å²) in [4.78, 5) is 23.9. The molecule has 0 spiro atoms. The van der Waals surface area contributed by atoms with Gasteiger partial charge in [-0.3, -0.25) is 9.59 Å². The second-order valence-electron chi connectivity index (χ2n) is 8.01. The fraction of sp³-hybridized carbons (Fsp3) is 0.875. The number of piperidine rings is 1. The van der Waals surface area contributed by atoms with Crippen LogP contribution in [0.15, 0.2) is 0 Å². The third kappa shape index (κ3) is 2.63. The van der Waals surface area contributed by atoms with Gasteiger partial charge < -0.3 is 21.5 Å². The van der Waals surface area contributed by atoms with Crippen LogP contribution in [0.5, 0.6) is 0 Å². The summed E-state index contributed by atoms with van der Waals surface area (Å²) >= 11 is 0. The standard InChI is InChI=1S/C16H27N3O3/c1-7-4-8(7)5-10(13(20)14(17)21)19-15(22)12-11-9(6-18-12)16(11,2)3/h7-13,18,20H,4-6H2,1-3H3,(H2,17,21)(H,19,22)/t7-,8+,9-,10?,11-,12-,13?/m0/s1. The topological polar surface area (TPSA) is 104 Å². The lowest BCUT2D eigenvalue weighted by Crippen LogP contribution is -2.54. The van der Waals surface area contributed by atoms with Gasteiger partial charge in [-0.2, -0.15) is 0 Å². The molecule has 0 aromatic carbocycles. The first-order valence-electron chi connectivity index (χ1n) is 8.24. The number of carbonyl (C=O) groups excluding carboxylic acids is 2. The van der Waals surface area contributed by atoms with Gasteiger partial charge in [-0.15, -0.1) is 0 Å². The molecule has 22 heavy (non-hydrogen) atoms. The van der Waals surface area contributed by atoms with Crippen LogP contribution < -0.4 is 16.4 Å². The van der Waals surface area contributed by atoms with Crippen LogP contribution in [-0.4, -0.2) is 41.7 Å². The van der Waals surface area contributed by atoms with E-state index in [1.807, 2.05) is 0 Å². The van der Waals surface area contributed by atoms with Crippen molar-refractivity contribution in [1.29, 1.82) is 0 Å². The lowest BCUT2D eigenvalue weighted by molar-refractivity contribution is -0.130. The van der Waals surface area contributed by atoms with Crippen molar-refractivity contribution in [1.82, 2.24) is 10.6 Å². The maximum absolute atomic E-state index is 12.6. The lowest BCUT2D eigenvalue weighted by atomic mass is 9.99. The Morgan fingerprint density at radius 1 is 1.45 bits per heavy atom. The molecule has 2 amide bonds. The second kappa shape index (κ2) is 5.20. The minimum absolute atomic E-state index is 0.114. The van der Waals surface area contributed by atoms with E-state index < -0.39 is 18.1 Å². The molecule has 0 bridgehead atoms. The Balaban J connectivity index is 1.62. The number of rotatable bonds is 6. The van der Waals surface area contributed by atoms with Gasteiger partial charge in [0, 0.05) is 0 Å². The van der Waals surface area contributed by atoms with Crippen LogP contribution in [-0.2, 0) is 9.59 Å². The molecule has 1 aliphatic heterocycles. The van der Waals surface area contributed by atoms with E-state index in [4.69, 9.17) is 5.73 Å². The average molecular weight is 309 g/mol. The summed E-state index contributed by atoms with van der Waals surface area (Å²) in [6.07, 6.45) is 0.375. The van der Waals surface area contributed by atoms with E-state index in [0.717, 1.165) is 13.0 Å². The molecule has 0 aromatic heterocycles. The zero-order valence-corrected chi connectivity index (χ0v) is 13.5. The molecule has 2 unspecified atom stereocenters. The molecule has 5 N–H and O–H groups in total. The molecule has 6 nitrogen and oxygen atoms in total. The van der Waals surface area contributed by atoms with Crippen LogP contribution in [0.25, 0.3) is 0 Å². The number of fused-ring (bicyclic) bond motifs is 1. The number of aliphatic hydroxyl groups excluding tert-OH is 1. The zero-order valence-electron chi connectivity index (χ0n) is 13.5. The molecule has 6 heteroatoms. The van der Waals surface area contributed by atoms with Crippen molar-refractivity contribution < 1.29 is 14.7 Å². The molecular formula is C16H27N3O3. The molecule has 7 atom stereocenters. The Morgan fingerprint density at radius 3 is 2.55 bits per heavy atom. The molecule has 0 radical (unpaired) electrons. The van der Waals surface area contributed by atoms with E-state index in [9.17, 15) is 14.7 Å². The fourth-order valence-electron chi connectivity index (χ4n) is 4.27. The Bertz CT molecular complexity index is 493. The van der Waals surface area contributed by atoms with Crippen molar-refractivity contribution in [2.75, 3.05) is 6.54 Å². The van der Waals surface area contributed by atoms with E-state index in [1.54, 1.807) is 0 Å². The number of hydrogen-bond acceptors (Lipinski definition) is 4. The van der Waals surface area contributed by atoms with Crippen LogP contribution in [0, 0.1) is 29.1 Å². The van der Waals surface area contributed by atoms with Gasteiger partial charge in [-0.05, 0) is 48.5 Å². The number of amides is 2. The van der Waals surface area contributed by atoms with Crippen LogP contribution in [0.2, 0.25) is 0 Å². The summed E-state index contributed by atoms with van der Waals surface area (Å²) in [5.41, 5.74) is 5.42. The minimum Gasteiger partial charge on any atom is -0.381 e. The molecule has 3 aliphatic rings. The number of nitrogens with two attached hydrogens (primary N) is 1. The molecular weight excluding hydrogens is 282 g/mol. The van der Waals surface area contributed by atoms with Gasteiger partial charge in [0.1, 0.15) is 0 Å². The largest absolute Gasteiger partial charge is 0.381 e. The minimum atomic E-state index is -1.32. The first-order valence-corrected chi connectivity index (χ1v) is 8.24. The lowest BCUT2D eigenvalue weighted by Gasteiger charge is -2.25. The SMILES string of the molecule is C[C@H]1C[C@@H]1CC(NC(=O)[C@H]1NC[C@H]2[C@@H]1C2(C)C)C(O)C(N)=O. The van der Waals surface area contributed by atoms with Gasteiger partial charge in [0.15, 0.2) is 6.10 Å². The van der Waals surface area contributed by atoms with Gasteiger partial charge in [-0.1, -0.05) is 20.8 Å². The van der Waals surface area contributed by atoms with Crippen molar-refractivity contribution >= 4 is 11.8 Å². The summed E-state index contributed by atoms with van der Waals surface area (Å²) in [6.45, 7) is 7.37. The second-order valence-corrected chi connectivity index (χ2v) is 8.01. The van der Waals surface area contributed by atoms with Crippen LogP contribution >= 0.6 is 0 Å². The number of primary amides is 1. The number of aliphatic hydroxyl groups is 1. The third-order valence-electron chi connectivity index (χ3n) is 6.17. The Labute approximate surface area is 131 Å². The molecule has 2 aliphatic carbocycles. The summed E-state index contributed by atoms with van der Waals surface area (Å²) in [7, 11) is 0. The van der Waals surface area contributed by atoms with Crippen molar-refractivity contribution in [3.8, 4) is 0 Å². The van der Waals surface area contributed by atoms with E-state index in [0.29, 0.717) is 30.1 Å². The first-order chi connectivity index (χ1) is 10.2. The van der Waals surface area contributed by atoms with Gasteiger partial charge in [0.2, 0.25) is 11.8 Å². The molecule has 2 saturated carbocycles. The van der Waals surface area contributed by atoms with Crippen molar-refractivity contribution in [2.45, 2.75) is 51.8 Å². The van der Waals surface area contributed by atoms with Gasteiger partial charge in [-0.25, -0.2) is 0 Å². The monoisotopic (exact) mass is 309 g/mol. The van der Waals surface area contributed by atoms with Crippen LogP contribution in [0.1, 0.15) is 33.6 Å². The van der Waals surface area contributed by atoms with Gasteiger partial charge in [0.25, 0.3) is 0 Å².